The number of hydrogen-bond donors (Lipinski definition) is 2. The Kier molecular flexibility index (Phi) is 3.06. The van der Waals surface area contributed by atoms with Crippen LogP contribution in [-0.4, -0.2) is 48.0 Å². The smallest absolute Gasteiger partial charge is 0.385 e. The van der Waals surface area contributed by atoms with E-state index in [0.29, 0.717) is 24.9 Å². The second-order valence-corrected chi connectivity index (χ2v) is 5.83. The van der Waals surface area contributed by atoms with Gasteiger partial charge >= 0.3 is 6.18 Å². The first-order chi connectivity index (χ1) is 9.34. The SMILES string of the molecule is NC1=NC(N)N=CC1(N1CC2CCCC2C1)C(F)(F)F. The first-order valence-corrected chi connectivity index (χ1v) is 6.80. The molecular weight excluding hydrogens is 271 g/mol. The monoisotopic (exact) mass is 289 g/mol. The molecule has 4 atom stereocenters. The summed E-state index contributed by atoms with van der Waals surface area (Å²) < 4.78 is 41.0. The van der Waals surface area contributed by atoms with Crippen LogP contribution in [0, 0.1) is 11.8 Å². The molecule has 0 aromatic rings. The molecule has 4 unspecified atom stereocenters. The van der Waals surface area contributed by atoms with Crippen molar-refractivity contribution in [3.63, 3.8) is 0 Å². The Morgan fingerprint density at radius 2 is 1.85 bits per heavy atom. The lowest BCUT2D eigenvalue weighted by molar-refractivity contribution is -0.181. The maximum atomic E-state index is 13.7. The van der Waals surface area contributed by atoms with E-state index in [0.717, 1.165) is 25.5 Å². The van der Waals surface area contributed by atoms with E-state index in [-0.39, 0.29) is 0 Å². The standard InChI is InChI=1S/C12H18F3N5/c13-12(14,15)11(6-18-10(17)19-9(11)16)20-4-7-2-1-3-8(7)5-20/h6-8,10H,1-5,17H2,(H2,16,19). The molecule has 0 aromatic carbocycles. The van der Waals surface area contributed by atoms with Crippen LogP contribution in [-0.2, 0) is 0 Å². The summed E-state index contributed by atoms with van der Waals surface area (Å²) in [5.74, 6) is 0.157. The Hall–Kier alpha value is -1.15. The molecule has 2 fully saturated rings. The number of nitrogens with zero attached hydrogens (tertiary/aromatic N) is 3. The van der Waals surface area contributed by atoms with E-state index in [9.17, 15) is 13.2 Å². The van der Waals surface area contributed by atoms with Gasteiger partial charge in [0.15, 0.2) is 6.29 Å². The van der Waals surface area contributed by atoms with Gasteiger partial charge in [-0.2, -0.15) is 13.2 Å². The van der Waals surface area contributed by atoms with E-state index in [2.05, 4.69) is 9.98 Å². The zero-order valence-electron chi connectivity index (χ0n) is 11.0. The van der Waals surface area contributed by atoms with Crippen LogP contribution >= 0.6 is 0 Å². The van der Waals surface area contributed by atoms with Gasteiger partial charge in [0.25, 0.3) is 0 Å². The topological polar surface area (TPSA) is 80.0 Å². The highest BCUT2D eigenvalue weighted by Crippen LogP contribution is 2.45. The van der Waals surface area contributed by atoms with Crippen LogP contribution in [0.4, 0.5) is 13.2 Å². The highest BCUT2D eigenvalue weighted by Gasteiger charge is 2.63. The molecule has 3 aliphatic rings. The van der Waals surface area contributed by atoms with E-state index in [1.54, 1.807) is 0 Å². The van der Waals surface area contributed by atoms with Gasteiger partial charge in [-0.3, -0.25) is 15.6 Å². The summed E-state index contributed by atoms with van der Waals surface area (Å²) in [7, 11) is 0. The Balaban J connectivity index is 1.96. The lowest BCUT2D eigenvalue weighted by atomic mass is 9.95. The molecule has 1 aliphatic carbocycles. The third-order valence-corrected chi connectivity index (χ3v) is 4.73. The number of halogens is 3. The van der Waals surface area contributed by atoms with E-state index in [1.165, 1.54) is 4.90 Å². The molecule has 20 heavy (non-hydrogen) atoms. The number of amidine groups is 1. The number of alkyl halides is 3. The summed E-state index contributed by atoms with van der Waals surface area (Å²) in [5, 5.41) is 0. The van der Waals surface area contributed by atoms with Crippen molar-refractivity contribution in [2.24, 2.45) is 33.3 Å². The molecule has 1 saturated carbocycles. The predicted molar refractivity (Wildman–Crippen MR) is 69.3 cm³/mol. The van der Waals surface area contributed by atoms with Crippen LogP contribution in [0.2, 0.25) is 0 Å². The summed E-state index contributed by atoms with van der Waals surface area (Å²) in [5.41, 5.74) is 8.68. The zero-order valence-corrected chi connectivity index (χ0v) is 11.0. The first-order valence-electron chi connectivity index (χ1n) is 6.80. The lowest BCUT2D eigenvalue weighted by Gasteiger charge is -2.41. The second kappa shape index (κ2) is 4.42. The number of rotatable bonds is 1. The normalized spacial score (nSPS) is 41.8. The van der Waals surface area contributed by atoms with E-state index >= 15 is 0 Å². The quantitative estimate of drug-likeness (QED) is 0.746. The van der Waals surface area contributed by atoms with Crippen LogP contribution in [0.3, 0.4) is 0 Å². The summed E-state index contributed by atoms with van der Waals surface area (Å²) in [6.45, 7) is 0.781. The zero-order chi connectivity index (χ0) is 14.5. The van der Waals surface area contributed by atoms with Gasteiger partial charge in [-0.15, -0.1) is 0 Å². The minimum absolute atomic E-state index is 0.325. The molecule has 5 nitrogen and oxygen atoms in total. The average Bonchev–Trinajstić information content (AvgIpc) is 2.87. The van der Waals surface area contributed by atoms with Gasteiger partial charge in [0.1, 0.15) is 5.84 Å². The van der Waals surface area contributed by atoms with Crippen molar-refractivity contribution in [1.29, 1.82) is 0 Å². The number of aliphatic imine (C=N–C) groups is 2. The van der Waals surface area contributed by atoms with Crippen molar-refractivity contribution >= 4 is 12.1 Å². The van der Waals surface area contributed by atoms with E-state index < -0.39 is 23.8 Å². The van der Waals surface area contributed by atoms with Gasteiger partial charge in [0.2, 0.25) is 5.54 Å². The molecule has 1 saturated heterocycles. The van der Waals surface area contributed by atoms with E-state index in [1.807, 2.05) is 0 Å². The fourth-order valence-electron chi connectivity index (χ4n) is 3.69. The minimum atomic E-state index is -4.55. The number of likely N-dealkylation sites (tertiary alicyclic amines) is 1. The molecule has 8 heteroatoms. The molecule has 2 heterocycles. The second-order valence-electron chi connectivity index (χ2n) is 5.83. The summed E-state index contributed by atoms with van der Waals surface area (Å²) >= 11 is 0. The van der Waals surface area contributed by atoms with Crippen molar-refractivity contribution in [2.75, 3.05) is 13.1 Å². The van der Waals surface area contributed by atoms with Crippen molar-refractivity contribution in [3.05, 3.63) is 0 Å². The van der Waals surface area contributed by atoms with Crippen LogP contribution in [0.1, 0.15) is 19.3 Å². The summed E-state index contributed by atoms with van der Waals surface area (Å²) in [4.78, 5) is 8.70. The van der Waals surface area contributed by atoms with Gasteiger partial charge in [-0.05, 0) is 24.7 Å². The first kappa shape index (κ1) is 13.8. The van der Waals surface area contributed by atoms with Crippen LogP contribution in [0.25, 0.3) is 0 Å². The summed E-state index contributed by atoms with van der Waals surface area (Å²) in [6.07, 6.45) is -1.66. The van der Waals surface area contributed by atoms with Gasteiger partial charge in [-0.25, -0.2) is 4.99 Å². The Morgan fingerprint density at radius 1 is 1.25 bits per heavy atom. The van der Waals surface area contributed by atoms with E-state index in [4.69, 9.17) is 11.5 Å². The molecule has 2 aliphatic heterocycles. The molecule has 0 radical (unpaired) electrons. The van der Waals surface area contributed by atoms with Crippen molar-refractivity contribution < 1.29 is 13.2 Å². The maximum absolute atomic E-state index is 13.7. The van der Waals surface area contributed by atoms with Crippen LogP contribution < -0.4 is 11.5 Å². The molecule has 112 valence electrons. The molecule has 0 bridgehead atoms. The van der Waals surface area contributed by atoms with Crippen molar-refractivity contribution in [2.45, 2.75) is 37.3 Å². The predicted octanol–water partition coefficient (Wildman–Crippen LogP) is 0.703. The fraction of sp³-hybridized carbons (Fsp3) is 0.833. The number of fused-ring (bicyclic) bond motifs is 1. The molecule has 3 rings (SSSR count). The van der Waals surface area contributed by atoms with Crippen molar-refractivity contribution in [1.82, 2.24) is 4.90 Å². The minimum Gasteiger partial charge on any atom is -0.385 e. The van der Waals surface area contributed by atoms with Gasteiger partial charge in [0, 0.05) is 19.3 Å². The Bertz CT molecular complexity index is 448. The highest BCUT2D eigenvalue weighted by molar-refractivity contribution is 6.07. The van der Waals surface area contributed by atoms with Gasteiger partial charge < -0.3 is 5.73 Å². The number of hydrogen-bond acceptors (Lipinski definition) is 5. The molecule has 0 aromatic heterocycles. The van der Waals surface area contributed by atoms with Crippen molar-refractivity contribution in [3.8, 4) is 0 Å². The maximum Gasteiger partial charge on any atom is 0.419 e. The molecule has 0 spiro atoms. The van der Waals surface area contributed by atoms with Gasteiger partial charge in [0.05, 0.1) is 0 Å². The number of nitrogens with two attached hydrogens (primary N) is 2. The highest BCUT2D eigenvalue weighted by atomic mass is 19.4. The van der Waals surface area contributed by atoms with Crippen LogP contribution in [0.15, 0.2) is 9.98 Å². The van der Waals surface area contributed by atoms with Crippen LogP contribution in [0.5, 0.6) is 0 Å². The molecule has 0 amide bonds. The largest absolute Gasteiger partial charge is 0.419 e. The third-order valence-electron chi connectivity index (χ3n) is 4.73. The van der Waals surface area contributed by atoms with Gasteiger partial charge in [-0.1, -0.05) is 6.42 Å². The Morgan fingerprint density at radius 3 is 2.35 bits per heavy atom. The fourth-order valence-corrected chi connectivity index (χ4v) is 3.69. The third kappa shape index (κ3) is 1.85. The summed E-state index contributed by atoms with van der Waals surface area (Å²) in [6, 6.07) is 0. The molecule has 4 N–H and O–H groups in total. The Labute approximate surface area is 114 Å². The average molecular weight is 289 g/mol. The molecular formula is C12H18F3N5. The lowest BCUT2D eigenvalue weighted by Crippen LogP contribution is -2.68.